The lowest BCUT2D eigenvalue weighted by atomic mass is 10.1. The molecule has 1 rings (SSSR count). The highest BCUT2D eigenvalue weighted by Gasteiger charge is 2.11. The van der Waals surface area contributed by atoms with Gasteiger partial charge >= 0.3 is 0 Å². The number of hydrogen-bond donors (Lipinski definition) is 1. The normalized spacial score (nSPS) is 12.7. The number of methoxy groups -OCH3 is 1. The molecule has 3 heteroatoms. The molecule has 0 aliphatic rings. The fourth-order valence-corrected chi connectivity index (χ4v) is 1.72. The molecular weight excluding hydrogens is 226 g/mol. The van der Waals surface area contributed by atoms with Crippen molar-refractivity contribution in [2.24, 2.45) is 5.92 Å². The molecule has 0 heterocycles. The summed E-state index contributed by atoms with van der Waals surface area (Å²) in [4.78, 5) is 0. The van der Waals surface area contributed by atoms with Crippen LogP contribution in [-0.4, -0.2) is 27.3 Å². The Balaban J connectivity index is 2.58. The first-order chi connectivity index (χ1) is 8.67. The molecule has 0 fully saturated rings. The van der Waals surface area contributed by atoms with E-state index in [9.17, 15) is 0 Å². The first kappa shape index (κ1) is 15.0. The minimum atomic E-state index is 0.111. The van der Waals surface area contributed by atoms with Crippen LogP contribution in [0.5, 0.6) is 5.75 Å². The Kier molecular flexibility index (Phi) is 6.76. The lowest BCUT2D eigenvalue weighted by Crippen LogP contribution is -2.20. The zero-order valence-electron chi connectivity index (χ0n) is 11.9. The molecule has 0 aliphatic heterocycles. The fraction of sp³-hybridized carbons (Fsp3) is 0.600. The summed E-state index contributed by atoms with van der Waals surface area (Å²) >= 11 is 0. The van der Waals surface area contributed by atoms with E-state index in [1.54, 1.807) is 7.11 Å². The van der Waals surface area contributed by atoms with E-state index in [4.69, 9.17) is 9.47 Å². The van der Waals surface area contributed by atoms with E-state index in [1.165, 1.54) is 5.56 Å². The van der Waals surface area contributed by atoms with E-state index in [0.29, 0.717) is 5.92 Å². The van der Waals surface area contributed by atoms with Gasteiger partial charge < -0.3 is 14.8 Å². The van der Waals surface area contributed by atoms with Gasteiger partial charge in [-0.3, -0.25) is 0 Å². The van der Waals surface area contributed by atoms with E-state index in [0.717, 1.165) is 25.3 Å². The van der Waals surface area contributed by atoms with Crippen molar-refractivity contribution >= 4 is 0 Å². The van der Waals surface area contributed by atoms with Crippen molar-refractivity contribution in [1.82, 2.24) is 5.32 Å². The van der Waals surface area contributed by atoms with Crippen molar-refractivity contribution in [3.05, 3.63) is 29.8 Å². The Morgan fingerprint density at radius 2 is 1.83 bits per heavy atom. The van der Waals surface area contributed by atoms with Crippen molar-refractivity contribution < 1.29 is 9.47 Å². The van der Waals surface area contributed by atoms with Gasteiger partial charge in [-0.2, -0.15) is 0 Å². The van der Waals surface area contributed by atoms with Crippen LogP contribution >= 0.6 is 0 Å². The molecule has 0 saturated carbocycles. The van der Waals surface area contributed by atoms with E-state index in [1.807, 2.05) is 19.2 Å². The van der Waals surface area contributed by atoms with E-state index >= 15 is 0 Å². The van der Waals surface area contributed by atoms with Crippen molar-refractivity contribution in [2.45, 2.75) is 26.4 Å². The summed E-state index contributed by atoms with van der Waals surface area (Å²) in [5, 5.41) is 3.18. The van der Waals surface area contributed by atoms with Gasteiger partial charge in [0.05, 0.1) is 13.2 Å². The highest BCUT2D eigenvalue weighted by Crippen LogP contribution is 2.20. The minimum Gasteiger partial charge on any atom is -0.497 e. The van der Waals surface area contributed by atoms with Crippen LogP contribution in [0.3, 0.4) is 0 Å². The van der Waals surface area contributed by atoms with Crippen LogP contribution in [0, 0.1) is 5.92 Å². The van der Waals surface area contributed by atoms with Crippen LogP contribution in [0.15, 0.2) is 24.3 Å². The summed E-state index contributed by atoms with van der Waals surface area (Å²) in [7, 11) is 3.63. The zero-order valence-corrected chi connectivity index (χ0v) is 11.9. The maximum Gasteiger partial charge on any atom is 0.118 e. The lowest BCUT2D eigenvalue weighted by Gasteiger charge is -2.19. The number of nitrogens with one attached hydrogen (secondary N) is 1. The first-order valence-corrected chi connectivity index (χ1v) is 6.57. The average molecular weight is 251 g/mol. The van der Waals surface area contributed by atoms with Gasteiger partial charge in [0.15, 0.2) is 0 Å². The highest BCUT2D eigenvalue weighted by atomic mass is 16.5. The predicted molar refractivity (Wildman–Crippen MR) is 75.1 cm³/mol. The Morgan fingerprint density at radius 3 is 2.33 bits per heavy atom. The van der Waals surface area contributed by atoms with Gasteiger partial charge in [0.25, 0.3) is 0 Å². The summed E-state index contributed by atoms with van der Waals surface area (Å²) in [6.45, 7) is 6.05. The van der Waals surface area contributed by atoms with Crippen molar-refractivity contribution in [3.8, 4) is 5.75 Å². The molecule has 0 amide bonds. The predicted octanol–water partition coefficient (Wildman–Crippen LogP) is 3.02. The molecule has 1 aromatic carbocycles. The molecule has 3 nitrogen and oxygen atoms in total. The number of ether oxygens (including phenoxy) is 2. The van der Waals surface area contributed by atoms with Crippen LogP contribution < -0.4 is 10.1 Å². The monoisotopic (exact) mass is 251 g/mol. The Bertz CT molecular complexity index is 322. The third-order valence-corrected chi connectivity index (χ3v) is 2.89. The van der Waals surface area contributed by atoms with E-state index in [-0.39, 0.29) is 6.10 Å². The molecule has 102 valence electrons. The first-order valence-electron chi connectivity index (χ1n) is 6.57. The van der Waals surface area contributed by atoms with E-state index in [2.05, 4.69) is 31.3 Å². The van der Waals surface area contributed by atoms with Crippen LogP contribution in [-0.2, 0) is 4.74 Å². The number of benzene rings is 1. The van der Waals surface area contributed by atoms with Gasteiger partial charge in [-0.15, -0.1) is 0 Å². The largest absolute Gasteiger partial charge is 0.497 e. The highest BCUT2D eigenvalue weighted by molar-refractivity contribution is 5.28. The summed E-state index contributed by atoms with van der Waals surface area (Å²) in [5.74, 6) is 1.56. The van der Waals surface area contributed by atoms with Crippen molar-refractivity contribution in [1.29, 1.82) is 0 Å². The standard InChI is InChI=1S/C15H25NO2/c1-12(2)9-10-18-15(11-16-3)13-5-7-14(17-4)8-6-13/h5-8,12,15-16H,9-11H2,1-4H3. The van der Waals surface area contributed by atoms with Gasteiger partial charge in [-0.1, -0.05) is 26.0 Å². The van der Waals surface area contributed by atoms with Gasteiger partial charge in [0.2, 0.25) is 0 Å². The molecule has 1 N–H and O–H groups in total. The molecule has 1 atom stereocenters. The zero-order chi connectivity index (χ0) is 13.4. The molecule has 1 unspecified atom stereocenters. The fourth-order valence-electron chi connectivity index (χ4n) is 1.72. The Hall–Kier alpha value is -1.06. The molecule has 0 saturated heterocycles. The van der Waals surface area contributed by atoms with Crippen LogP contribution in [0.4, 0.5) is 0 Å². The average Bonchev–Trinajstić information content (AvgIpc) is 2.37. The maximum atomic E-state index is 5.95. The molecule has 0 aliphatic carbocycles. The van der Waals surface area contributed by atoms with Crippen molar-refractivity contribution in [2.75, 3.05) is 27.3 Å². The molecular formula is C15H25NO2. The van der Waals surface area contributed by atoms with Gasteiger partial charge in [0, 0.05) is 13.2 Å². The molecule has 0 radical (unpaired) electrons. The molecule has 0 aromatic heterocycles. The summed E-state index contributed by atoms with van der Waals surface area (Å²) in [6, 6.07) is 8.08. The summed E-state index contributed by atoms with van der Waals surface area (Å²) in [5.41, 5.74) is 1.19. The maximum absolute atomic E-state index is 5.95. The second-order valence-electron chi connectivity index (χ2n) is 4.87. The topological polar surface area (TPSA) is 30.5 Å². The molecule has 0 bridgehead atoms. The third kappa shape index (κ3) is 5.07. The third-order valence-electron chi connectivity index (χ3n) is 2.89. The van der Waals surface area contributed by atoms with Crippen LogP contribution in [0.1, 0.15) is 31.9 Å². The van der Waals surface area contributed by atoms with Crippen LogP contribution in [0.2, 0.25) is 0 Å². The molecule has 18 heavy (non-hydrogen) atoms. The van der Waals surface area contributed by atoms with Gasteiger partial charge in [-0.25, -0.2) is 0 Å². The quantitative estimate of drug-likeness (QED) is 0.770. The second kappa shape index (κ2) is 8.11. The Labute approximate surface area is 110 Å². The van der Waals surface area contributed by atoms with Crippen LogP contribution in [0.25, 0.3) is 0 Å². The molecule has 1 aromatic rings. The second-order valence-corrected chi connectivity index (χ2v) is 4.87. The van der Waals surface area contributed by atoms with Gasteiger partial charge in [-0.05, 0) is 37.1 Å². The number of hydrogen-bond acceptors (Lipinski definition) is 3. The van der Waals surface area contributed by atoms with Gasteiger partial charge in [0.1, 0.15) is 5.75 Å². The smallest absolute Gasteiger partial charge is 0.118 e. The summed E-state index contributed by atoms with van der Waals surface area (Å²) < 4.78 is 11.1. The lowest BCUT2D eigenvalue weighted by molar-refractivity contribution is 0.0470. The van der Waals surface area contributed by atoms with E-state index < -0.39 is 0 Å². The number of rotatable bonds is 8. The van der Waals surface area contributed by atoms with Crippen molar-refractivity contribution in [3.63, 3.8) is 0 Å². The number of likely N-dealkylation sites (N-methyl/N-ethyl adjacent to an activating group) is 1. The Morgan fingerprint density at radius 1 is 1.17 bits per heavy atom. The molecule has 0 spiro atoms. The summed E-state index contributed by atoms with van der Waals surface area (Å²) in [6.07, 6.45) is 1.20. The minimum absolute atomic E-state index is 0.111. The SMILES string of the molecule is CNCC(OCCC(C)C)c1ccc(OC)cc1.